The Labute approximate surface area is 170 Å². The van der Waals surface area contributed by atoms with Crippen molar-refractivity contribution in [3.8, 4) is 16.9 Å². The van der Waals surface area contributed by atoms with Crippen LogP contribution in [0.15, 0.2) is 53.5 Å². The first-order valence-corrected chi connectivity index (χ1v) is 10.5. The van der Waals surface area contributed by atoms with E-state index in [2.05, 4.69) is 36.4 Å². The molecular formula is C22H26N2O3S. The summed E-state index contributed by atoms with van der Waals surface area (Å²) in [6, 6.07) is 16.8. The van der Waals surface area contributed by atoms with E-state index in [0.29, 0.717) is 17.9 Å². The van der Waals surface area contributed by atoms with E-state index in [4.69, 9.17) is 24.9 Å². The second-order valence-electron chi connectivity index (χ2n) is 7.33. The predicted octanol–water partition coefficient (Wildman–Crippen LogP) is 4.02. The molecular weight excluding hydrogens is 372 g/mol. The number of fused-ring (bicyclic) bond motifs is 1. The number of hydrogen-bond donors (Lipinski definition) is 1. The molecule has 2 N–H and O–H groups in total. The Morgan fingerprint density at radius 1 is 1.14 bits per heavy atom. The van der Waals surface area contributed by atoms with Crippen molar-refractivity contribution in [2.75, 3.05) is 26.8 Å². The molecule has 148 valence electrons. The number of rotatable bonds is 6. The van der Waals surface area contributed by atoms with Crippen molar-refractivity contribution >= 4 is 16.9 Å². The molecule has 3 unspecified atom stereocenters. The number of hydrogen-bond acceptors (Lipinski definition) is 6. The highest BCUT2D eigenvalue weighted by Crippen LogP contribution is 2.52. The van der Waals surface area contributed by atoms with Gasteiger partial charge in [0.05, 0.1) is 18.8 Å². The Balaban J connectivity index is 1.72. The molecule has 28 heavy (non-hydrogen) atoms. The van der Waals surface area contributed by atoms with Gasteiger partial charge in [-0.15, -0.1) is 0 Å². The lowest BCUT2D eigenvalue weighted by atomic mass is 9.80. The average molecular weight is 399 g/mol. The summed E-state index contributed by atoms with van der Waals surface area (Å²) in [6.45, 7) is 0.309. The van der Waals surface area contributed by atoms with Gasteiger partial charge in [-0.05, 0) is 41.3 Å². The van der Waals surface area contributed by atoms with Crippen molar-refractivity contribution in [1.29, 1.82) is 0 Å². The fourth-order valence-electron chi connectivity index (χ4n) is 4.35. The zero-order valence-corrected chi connectivity index (χ0v) is 17.1. The van der Waals surface area contributed by atoms with E-state index in [1.165, 1.54) is 5.56 Å². The third-order valence-electron chi connectivity index (χ3n) is 5.69. The van der Waals surface area contributed by atoms with Crippen LogP contribution in [0.2, 0.25) is 0 Å². The number of benzene rings is 2. The van der Waals surface area contributed by atoms with Crippen molar-refractivity contribution < 1.29 is 14.2 Å². The minimum absolute atomic E-state index is 0.126. The van der Waals surface area contributed by atoms with Crippen LogP contribution < -0.4 is 10.5 Å². The molecule has 2 aromatic rings. The second kappa shape index (κ2) is 8.15. The molecule has 1 fully saturated rings. The molecule has 0 bridgehead atoms. The lowest BCUT2D eigenvalue weighted by Crippen LogP contribution is -2.36. The van der Waals surface area contributed by atoms with Crippen LogP contribution in [0.3, 0.4) is 0 Å². The first kappa shape index (κ1) is 19.3. The Hall–Kier alpha value is -2.02. The summed E-state index contributed by atoms with van der Waals surface area (Å²) in [5.41, 5.74) is 9.32. The maximum Gasteiger partial charge on any atom is 0.154 e. The highest BCUT2D eigenvalue weighted by atomic mass is 32.2. The predicted molar refractivity (Wildman–Crippen MR) is 114 cm³/mol. The van der Waals surface area contributed by atoms with Gasteiger partial charge in [-0.1, -0.05) is 42.1 Å². The van der Waals surface area contributed by atoms with E-state index in [0.717, 1.165) is 35.5 Å². The molecule has 0 saturated heterocycles. The molecule has 3 atom stereocenters. The van der Waals surface area contributed by atoms with Gasteiger partial charge < -0.3 is 19.9 Å². The molecule has 1 heterocycles. The summed E-state index contributed by atoms with van der Waals surface area (Å²) < 4.78 is 16.4. The number of amidine groups is 1. The molecule has 1 aliphatic carbocycles. The van der Waals surface area contributed by atoms with Gasteiger partial charge in [-0.2, -0.15) is 0 Å². The summed E-state index contributed by atoms with van der Waals surface area (Å²) in [6.07, 6.45) is 1.92. The van der Waals surface area contributed by atoms with E-state index >= 15 is 0 Å². The molecule has 2 aromatic carbocycles. The molecule has 1 aliphatic heterocycles. The number of thioether (sulfide) groups is 1. The van der Waals surface area contributed by atoms with E-state index in [9.17, 15) is 0 Å². The molecule has 6 heteroatoms. The van der Waals surface area contributed by atoms with Crippen LogP contribution in [0.25, 0.3) is 11.1 Å². The average Bonchev–Trinajstić information content (AvgIpc) is 3.11. The van der Waals surface area contributed by atoms with E-state index in [-0.39, 0.29) is 11.6 Å². The largest absolute Gasteiger partial charge is 0.497 e. The highest BCUT2D eigenvalue weighted by Gasteiger charge is 2.51. The van der Waals surface area contributed by atoms with Crippen molar-refractivity contribution in [3.63, 3.8) is 0 Å². The second-order valence-corrected chi connectivity index (χ2v) is 8.37. The monoisotopic (exact) mass is 398 g/mol. The maximum atomic E-state index is 6.18. The van der Waals surface area contributed by atoms with Crippen LogP contribution in [0.5, 0.6) is 5.75 Å². The summed E-state index contributed by atoms with van der Waals surface area (Å²) >= 11 is 1.64. The van der Waals surface area contributed by atoms with Gasteiger partial charge >= 0.3 is 0 Å². The van der Waals surface area contributed by atoms with Crippen LogP contribution in [-0.4, -0.2) is 38.0 Å². The van der Waals surface area contributed by atoms with Gasteiger partial charge in [-0.25, -0.2) is 0 Å². The number of nitrogens with two attached hydrogens (primary N) is 1. The van der Waals surface area contributed by atoms with E-state index < -0.39 is 0 Å². The van der Waals surface area contributed by atoms with Crippen molar-refractivity contribution in [2.24, 2.45) is 16.6 Å². The van der Waals surface area contributed by atoms with Crippen LogP contribution >= 0.6 is 11.8 Å². The van der Waals surface area contributed by atoms with Crippen molar-refractivity contribution in [1.82, 2.24) is 0 Å². The maximum absolute atomic E-state index is 6.18. The third-order valence-corrected chi connectivity index (χ3v) is 6.65. The van der Waals surface area contributed by atoms with Gasteiger partial charge in [0.15, 0.2) is 5.17 Å². The normalized spacial score (nSPS) is 26.6. The van der Waals surface area contributed by atoms with Gasteiger partial charge in [0.1, 0.15) is 12.5 Å². The number of methoxy groups -OCH3 is 2. The number of nitrogens with zero attached hydrogens (tertiary/aromatic N) is 1. The Morgan fingerprint density at radius 2 is 1.93 bits per heavy atom. The minimum Gasteiger partial charge on any atom is -0.497 e. The SMILES string of the molecule is COCOC1CC2CSC(N)=NC2(c2cccc(-c3cccc(OC)c3)c2)C1. The highest BCUT2D eigenvalue weighted by molar-refractivity contribution is 8.13. The van der Waals surface area contributed by atoms with Gasteiger partial charge in [0.25, 0.3) is 0 Å². The standard InChI is InChI=1S/C22H26N2O3S/c1-25-14-27-20-11-18-13-28-21(23)24-22(18,12-20)17-7-3-5-15(9-17)16-6-4-8-19(10-16)26-2/h3-10,18,20H,11-14H2,1-2H3,(H2,23,24). The van der Waals surface area contributed by atoms with Crippen LogP contribution in [0.4, 0.5) is 0 Å². The summed E-state index contributed by atoms with van der Waals surface area (Å²) in [7, 11) is 3.34. The molecule has 1 saturated carbocycles. The quantitative estimate of drug-likeness (QED) is 0.745. The van der Waals surface area contributed by atoms with Crippen molar-refractivity contribution in [3.05, 3.63) is 54.1 Å². The number of aliphatic imine (C=N–C) groups is 1. The Bertz CT molecular complexity index is 872. The first-order valence-electron chi connectivity index (χ1n) is 9.48. The fraction of sp³-hybridized carbons (Fsp3) is 0.409. The fourth-order valence-corrected chi connectivity index (χ4v) is 5.36. The lowest BCUT2D eigenvalue weighted by molar-refractivity contribution is -0.0708. The molecule has 4 rings (SSSR count). The molecule has 0 spiro atoms. The van der Waals surface area contributed by atoms with Gasteiger partial charge in [0.2, 0.25) is 0 Å². The molecule has 5 nitrogen and oxygen atoms in total. The van der Waals surface area contributed by atoms with Crippen molar-refractivity contribution in [2.45, 2.75) is 24.5 Å². The Morgan fingerprint density at radius 3 is 2.71 bits per heavy atom. The lowest BCUT2D eigenvalue weighted by Gasteiger charge is -2.36. The zero-order chi connectivity index (χ0) is 19.6. The molecule has 0 radical (unpaired) electrons. The summed E-state index contributed by atoms with van der Waals surface area (Å²) in [5.74, 6) is 2.21. The molecule has 0 amide bonds. The van der Waals surface area contributed by atoms with E-state index in [1.54, 1.807) is 26.0 Å². The van der Waals surface area contributed by atoms with Gasteiger partial charge in [0, 0.05) is 25.2 Å². The smallest absolute Gasteiger partial charge is 0.154 e. The van der Waals surface area contributed by atoms with Gasteiger partial charge in [-0.3, -0.25) is 4.99 Å². The van der Waals surface area contributed by atoms with Crippen LogP contribution in [0.1, 0.15) is 18.4 Å². The van der Waals surface area contributed by atoms with E-state index in [1.807, 2.05) is 12.1 Å². The zero-order valence-electron chi connectivity index (χ0n) is 16.3. The number of ether oxygens (including phenoxy) is 3. The van der Waals surface area contributed by atoms with Crippen LogP contribution in [0, 0.1) is 5.92 Å². The molecule has 0 aromatic heterocycles. The van der Waals surface area contributed by atoms with Crippen LogP contribution in [-0.2, 0) is 15.0 Å². The summed E-state index contributed by atoms with van der Waals surface area (Å²) in [4.78, 5) is 4.98. The molecule has 2 aliphatic rings. The topological polar surface area (TPSA) is 66.1 Å². The minimum atomic E-state index is -0.331. The summed E-state index contributed by atoms with van der Waals surface area (Å²) in [5, 5.41) is 0.662. The first-order chi connectivity index (χ1) is 13.6. The third kappa shape index (κ3) is 3.64. The Kier molecular flexibility index (Phi) is 5.62.